The molecule has 0 saturated carbocycles. The van der Waals surface area contributed by atoms with E-state index >= 15 is 0 Å². The maximum atomic E-state index is 13.8. The summed E-state index contributed by atoms with van der Waals surface area (Å²) in [4.78, 5) is 108. The largest absolute Gasteiger partial charge is 0.508 e. The number of phenols is 1. The minimum absolute atomic E-state index is 0.000231. The lowest BCUT2D eigenvalue weighted by molar-refractivity contribution is -0.156. The van der Waals surface area contributed by atoms with E-state index in [2.05, 4.69) is 38.8 Å². The van der Waals surface area contributed by atoms with Crippen LogP contribution in [0, 0.1) is 17.8 Å². The molecule has 10 N–H and O–H groups in total. The Bertz CT molecular complexity index is 1920. The minimum Gasteiger partial charge on any atom is -0.508 e. The maximum Gasteiger partial charge on any atom is 0.329 e. The number of benzene rings is 1. The average Bonchev–Trinajstić information content (AvgIpc) is 3.31. The second-order valence-corrected chi connectivity index (χ2v) is 18.8. The van der Waals surface area contributed by atoms with E-state index in [0.29, 0.717) is 5.56 Å². The van der Waals surface area contributed by atoms with Crippen LogP contribution in [0.25, 0.3) is 0 Å². The molecule has 2 rings (SSSR count). The first-order chi connectivity index (χ1) is 33.1. The van der Waals surface area contributed by atoms with E-state index in [9.17, 15) is 58.8 Å². The predicted molar refractivity (Wildman–Crippen MR) is 261 cm³/mol. The number of carbonyl (C=O) groups excluding carboxylic acids is 8. The number of esters is 1. The van der Waals surface area contributed by atoms with Gasteiger partial charge in [0.2, 0.25) is 41.4 Å². The zero-order valence-electron chi connectivity index (χ0n) is 42.1. The van der Waals surface area contributed by atoms with Crippen LogP contribution in [0.15, 0.2) is 48.6 Å². The molecule has 0 aliphatic carbocycles. The highest BCUT2D eigenvalue weighted by molar-refractivity contribution is 5.95. The van der Waals surface area contributed by atoms with Crippen molar-refractivity contribution in [1.82, 2.24) is 36.8 Å². The molecular formula is C50H79N7O13. The van der Waals surface area contributed by atoms with E-state index in [1.165, 1.54) is 49.4 Å². The Balaban J connectivity index is 2.11. The Labute approximate surface area is 412 Å². The standard InChI is InChI=1S/C50H79N7O13/c1-9-10-11-12-13-14-15-16-17-18-40(62)52-37(28-59)46(65)56-44(31(4)5)48(67)53-36(27-58)39(61)26-42(64)55-43(30(2)3)47(66)51-34-21-24-41(63)54-45(32(6)7)49(68)57(8)38(50(69)70-29-34)25-33-19-22-35(60)23-20-33/h16-17,19-24,30-32,34,36-39,43-45,58-61H,9-15,18,25-29H2,1-8H3,(H,51,66)(H,52,62)(H,53,67)(H,54,63)(H,55,64)(H,56,65). The number of allylic oxidation sites excluding steroid dienone is 1. The highest BCUT2D eigenvalue weighted by Crippen LogP contribution is 2.18. The highest BCUT2D eigenvalue weighted by atomic mass is 16.5. The van der Waals surface area contributed by atoms with Crippen LogP contribution in [0.5, 0.6) is 5.75 Å². The molecule has 0 bridgehead atoms. The molecule has 70 heavy (non-hydrogen) atoms. The summed E-state index contributed by atoms with van der Waals surface area (Å²) in [7, 11) is 1.42. The average molecular weight is 986 g/mol. The number of hydrogen-bond donors (Lipinski definition) is 10. The van der Waals surface area contributed by atoms with Crippen molar-refractivity contribution in [3.8, 4) is 5.75 Å². The Morgan fingerprint density at radius 2 is 1.43 bits per heavy atom. The van der Waals surface area contributed by atoms with Crippen LogP contribution in [-0.4, -0.2) is 148 Å². The van der Waals surface area contributed by atoms with Crippen LogP contribution in [0.4, 0.5) is 0 Å². The van der Waals surface area contributed by atoms with Crippen molar-refractivity contribution < 1.29 is 63.5 Å². The minimum atomic E-state index is -1.69. The van der Waals surface area contributed by atoms with Crippen molar-refractivity contribution >= 4 is 47.3 Å². The van der Waals surface area contributed by atoms with Crippen molar-refractivity contribution in [2.24, 2.45) is 17.8 Å². The molecule has 8 unspecified atom stereocenters. The number of nitrogens with one attached hydrogen (secondary N) is 6. The van der Waals surface area contributed by atoms with Gasteiger partial charge < -0.3 is 62.0 Å². The maximum absolute atomic E-state index is 13.8. The third kappa shape index (κ3) is 21.0. The van der Waals surface area contributed by atoms with Gasteiger partial charge in [0.25, 0.3) is 0 Å². The van der Waals surface area contributed by atoms with Crippen molar-refractivity contribution in [2.45, 2.75) is 161 Å². The third-order valence-electron chi connectivity index (χ3n) is 11.8. The lowest BCUT2D eigenvalue weighted by atomic mass is 9.99. The van der Waals surface area contributed by atoms with E-state index in [1.807, 2.05) is 6.08 Å². The number of cyclic esters (lactones) is 1. The highest BCUT2D eigenvalue weighted by Gasteiger charge is 2.37. The van der Waals surface area contributed by atoms with Gasteiger partial charge in [0, 0.05) is 26.0 Å². The van der Waals surface area contributed by atoms with Gasteiger partial charge in [-0.05, 0) is 48.3 Å². The topological polar surface area (TPSA) is 302 Å². The van der Waals surface area contributed by atoms with Crippen LogP contribution in [0.1, 0.15) is 112 Å². The zero-order valence-corrected chi connectivity index (χ0v) is 42.1. The molecule has 0 aromatic heterocycles. The second kappa shape index (κ2) is 31.4. The number of phenolic OH excluding ortho intramolecular Hbond substituents is 1. The molecule has 0 spiro atoms. The molecule has 1 heterocycles. The molecule has 7 amide bonds. The first kappa shape index (κ1) is 60.3. The van der Waals surface area contributed by atoms with Gasteiger partial charge in [-0.25, -0.2) is 4.79 Å². The number of nitrogens with zero attached hydrogens (tertiary/aromatic N) is 1. The summed E-state index contributed by atoms with van der Waals surface area (Å²) in [6, 6.07) is -2.52. The van der Waals surface area contributed by atoms with E-state index in [0.717, 1.165) is 31.8 Å². The van der Waals surface area contributed by atoms with E-state index in [-0.39, 0.29) is 24.5 Å². The molecule has 0 radical (unpaired) electrons. The van der Waals surface area contributed by atoms with Crippen molar-refractivity contribution in [2.75, 3.05) is 26.9 Å². The molecule has 20 heteroatoms. The monoisotopic (exact) mass is 986 g/mol. The molecule has 0 saturated heterocycles. The Hall–Kier alpha value is -5.86. The van der Waals surface area contributed by atoms with Crippen LogP contribution in [0.2, 0.25) is 0 Å². The summed E-state index contributed by atoms with van der Waals surface area (Å²) in [5.41, 5.74) is 0.603. The zero-order chi connectivity index (χ0) is 52.5. The summed E-state index contributed by atoms with van der Waals surface area (Å²) in [6.45, 7) is 10.1. The second-order valence-electron chi connectivity index (χ2n) is 18.8. The van der Waals surface area contributed by atoms with Gasteiger partial charge in [-0.2, -0.15) is 0 Å². The Morgan fingerprint density at radius 3 is 2.03 bits per heavy atom. The van der Waals surface area contributed by atoms with Crippen LogP contribution in [-0.2, 0) is 49.5 Å². The lowest BCUT2D eigenvalue weighted by Gasteiger charge is -2.32. The van der Waals surface area contributed by atoms with E-state index < -0.39 is 134 Å². The van der Waals surface area contributed by atoms with Gasteiger partial charge in [0.05, 0.1) is 37.8 Å². The Morgan fingerprint density at radius 1 is 0.800 bits per heavy atom. The van der Waals surface area contributed by atoms with Crippen molar-refractivity contribution in [3.05, 3.63) is 54.1 Å². The molecule has 392 valence electrons. The molecule has 20 nitrogen and oxygen atoms in total. The van der Waals surface area contributed by atoms with E-state index in [4.69, 9.17) is 4.74 Å². The summed E-state index contributed by atoms with van der Waals surface area (Å²) >= 11 is 0. The Kier molecular flexibility index (Phi) is 27.0. The van der Waals surface area contributed by atoms with Gasteiger partial charge in [-0.15, -0.1) is 0 Å². The number of unbranched alkanes of at least 4 members (excludes halogenated alkanes) is 6. The number of rotatable bonds is 27. The number of ether oxygens (including phenoxy) is 1. The number of hydrogen-bond acceptors (Lipinski definition) is 13. The van der Waals surface area contributed by atoms with Gasteiger partial charge in [0.1, 0.15) is 42.6 Å². The van der Waals surface area contributed by atoms with Gasteiger partial charge in [0.15, 0.2) is 0 Å². The molecule has 0 fully saturated rings. The normalized spacial score (nSPS) is 19.0. The summed E-state index contributed by atoms with van der Waals surface area (Å²) in [6.07, 6.45) is 11.3. The third-order valence-corrected chi connectivity index (χ3v) is 11.8. The summed E-state index contributed by atoms with van der Waals surface area (Å²) in [5.74, 6) is -7.24. The number of aliphatic hydroxyl groups excluding tert-OH is 3. The molecule has 8 atom stereocenters. The summed E-state index contributed by atoms with van der Waals surface area (Å²) in [5, 5.41) is 56.2. The first-order valence-corrected chi connectivity index (χ1v) is 24.4. The van der Waals surface area contributed by atoms with Gasteiger partial charge >= 0.3 is 5.97 Å². The lowest BCUT2D eigenvalue weighted by Crippen LogP contribution is -2.59. The van der Waals surface area contributed by atoms with Crippen LogP contribution < -0.4 is 31.9 Å². The number of aromatic hydroxyl groups is 1. The molecular weight excluding hydrogens is 907 g/mol. The van der Waals surface area contributed by atoms with Crippen molar-refractivity contribution in [1.29, 1.82) is 0 Å². The predicted octanol–water partition coefficient (Wildman–Crippen LogP) is 1.18. The number of likely N-dealkylation sites (N-methyl/N-ethyl adjacent to an activating group) is 1. The molecule has 1 aromatic carbocycles. The number of aliphatic hydroxyl groups is 3. The van der Waals surface area contributed by atoms with Crippen molar-refractivity contribution in [3.63, 3.8) is 0 Å². The smallest absolute Gasteiger partial charge is 0.329 e. The molecule has 1 aromatic rings. The number of amides is 7. The fraction of sp³-hybridized carbons (Fsp3) is 0.640. The first-order valence-electron chi connectivity index (χ1n) is 24.4. The van der Waals surface area contributed by atoms with E-state index in [1.54, 1.807) is 59.8 Å². The summed E-state index contributed by atoms with van der Waals surface area (Å²) < 4.78 is 5.64. The molecule has 1 aliphatic rings. The fourth-order valence-corrected chi connectivity index (χ4v) is 7.43. The van der Waals surface area contributed by atoms with Gasteiger partial charge in [-0.1, -0.05) is 111 Å². The van der Waals surface area contributed by atoms with Gasteiger partial charge in [-0.3, -0.25) is 33.6 Å². The SMILES string of the molecule is CCCCCCCCC=CCC(=O)NC(CO)C(=O)NC(C(=O)NC(CO)C(O)CC(=O)NC(C(=O)NC1C=CC(=O)NC(C(C)C)C(=O)N(C)C(Cc2ccc(O)cc2)C(=O)OC1)C(C)C)C(C)C. The number of carbonyl (C=O) groups is 8. The molecule has 1 aliphatic heterocycles. The van der Waals surface area contributed by atoms with Crippen LogP contribution >= 0.6 is 0 Å². The quantitative estimate of drug-likeness (QED) is 0.0337. The van der Waals surface area contributed by atoms with Crippen LogP contribution in [0.3, 0.4) is 0 Å². The fourth-order valence-electron chi connectivity index (χ4n) is 7.43.